The third-order valence-electron chi connectivity index (χ3n) is 1.29. The predicted molar refractivity (Wildman–Crippen MR) is 26.1 cm³/mol. The number of rotatable bonds is 2. The summed E-state index contributed by atoms with van der Waals surface area (Å²) in [6.45, 7) is 0.0413. The molecule has 8 heteroatoms. The Morgan fingerprint density at radius 3 is 1.31 bits per heavy atom. The number of hydrogen-bond donors (Lipinski definition) is 0. The van der Waals surface area contributed by atoms with Crippen LogP contribution in [0, 0.1) is 0 Å². The van der Waals surface area contributed by atoms with Gasteiger partial charge in [-0.05, 0) is 6.92 Å². The molecule has 0 aliphatic heterocycles. The average Bonchev–Trinajstić information content (AvgIpc) is 1.84. The van der Waals surface area contributed by atoms with E-state index >= 15 is 0 Å². The first-order valence-electron chi connectivity index (χ1n) is 2.92. The van der Waals surface area contributed by atoms with E-state index in [-0.39, 0.29) is 6.92 Å². The topological polar surface area (TPSA) is 19.9 Å². The summed E-state index contributed by atoms with van der Waals surface area (Å²) in [6, 6.07) is 0. The van der Waals surface area contributed by atoms with Crippen LogP contribution in [-0.4, -0.2) is 24.1 Å². The second kappa shape index (κ2) is 3.00. The second-order valence-corrected chi connectivity index (χ2v) is 2.34. The van der Waals surface area contributed by atoms with E-state index in [0.717, 1.165) is 0 Å². The van der Waals surface area contributed by atoms with Crippen LogP contribution in [0.1, 0.15) is 6.92 Å². The van der Waals surface area contributed by atoms with Crippen molar-refractivity contribution in [3.63, 3.8) is 0 Å². The minimum atomic E-state index is -6.42. The molecule has 1 atom stereocenters. The summed E-state index contributed by atoms with van der Waals surface area (Å²) in [6.07, 6.45) is -9.75. The van der Waals surface area contributed by atoms with Crippen molar-refractivity contribution < 1.29 is 35.8 Å². The quantitative estimate of drug-likeness (QED) is 0.628. The molecule has 0 bridgehead atoms. The highest BCUT2D eigenvalue weighted by atomic mass is 19.4. The van der Waals surface area contributed by atoms with Crippen LogP contribution in [0.3, 0.4) is 0 Å². The Morgan fingerprint density at radius 1 is 0.923 bits per heavy atom. The molecule has 0 saturated carbocycles. The van der Waals surface area contributed by atoms with Gasteiger partial charge in [-0.3, -0.25) is 0 Å². The van der Waals surface area contributed by atoms with Crippen molar-refractivity contribution in [2.45, 2.75) is 31.0 Å². The summed E-state index contributed by atoms with van der Waals surface area (Å²) in [4.78, 5) is 0. The lowest BCUT2D eigenvalue weighted by Crippen LogP contribution is -2.56. The second-order valence-electron chi connectivity index (χ2n) is 2.34. The van der Waals surface area contributed by atoms with Crippen LogP contribution in [-0.2, 0) is 5.11 Å². The molecule has 0 rings (SSSR count). The molecule has 0 heterocycles. The van der Waals surface area contributed by atoms with Crippen molar-refractivity contribution in [2.24, 2.45) is 0 Å². The minimum Gasteiger partial charge on any atom is -0.227 e. The van der Waals surface area contributed by atoms with Gasteiger partial charge < -0.3 is 0 Å². The van der Waals surface area contributed by atoms with E-state index < -0.39 is 24.1 Å². The Kier molecular flexibility index (Phi) is 2.88. The molecule has 0 aliphatic rings. The van der Waals surface area contributed by atoms with Crippen LogP contribution in [0.15, 0.2) is 0 Å². The lowest BCUT2D eigenvalue weighted by atomic mass is 10.1. The molecule has 1 radical (unpaired) electrons. The Hall–Kier alpha value is -0.530. The van der Waals surface area contributed by atoms with E-state index in [9.17, 15) is 35.8 Å². The number of hydrogen-bond acceptors (Lipinski definition) is 0. The van der Waals surface area contributed by atoms with Gasteiger partial charge in [-0.2, -0.15) is 30.7 Å². The maximum Gasteiger partial charge on any atom is 0.459 e. The van der Waals surface area contributed by atoms with E-state index in [4.69, 9.17) is 0 Å². The van der Waals surface area contributed by atoms with Crippen molar-refractivity contribution in [1.82, 2.24) is 0 Å². The van der Waals surface area contributed by atoms with Crippen molar-refractivity contribution >= 4 is 0 Å². The van der Waals surface area contributed by atoms with Gasteiger partial charge in [-0.25, -0.2) is 5.11 Å². The predicted octanol–water partition coefficient (Wildman–Crippen LogP) is 2.64. The standard InChI is InChI=1S/C5H4F7O/c1-2(13)3(6,7)4(8,9)5(10,11)12/h2H,1H3. The SMILES string of the molecule is CC([O])C(F)(F)C(F)(F)C(F)(F)F. The van der Waals surface area contributed by atoms with E-state index in [1.54, 1.807) is 0 Å². The molecule has 0 spiro atoms. The monoisotopic (exact) mass is 213 g/mol. The third-order valence-corrected chi connectivity index (χ3v) is 1.29. The normalized spacial score (nSPS) is 17.3. The maximum absolute atomic E-state index is 12.0. The molecule has 13 heavy (non-hydrogen) atoms. The average molecular weight is 213 g/mol. The van der Waals surface area contributed by atoms with Crippen molar-refractivity contribution in [3.05, 3.63) is 0 Å². The van der Waals surface area contributed by atoms with Gasteiger partial charge in [0.05, 0.1) is 0 Å². The van der Waals surface area contributed by atoms with Crippen molar-refractivity contribution in [3.8, 4) is 0 Å². The van der Waals surface area contributed by atoms with Crippen LogP contribution in [0.5, 0.6) is 0 Å². The molecule has 0 aliphatic carbocycles. The van der Waals surface area contributed by atoms with Crippen LogP contribution in [0.2, 0.25) is 0 Å². The molecule has 1 unspecified atom stereocenters. The number of halogens is 7. The van der Waals surface area contributed by atoms with Crippen molar-refractivity contribution in [1.29, 1.82) is 0 Å². The highest BCUT2D eigenvalue weighted by Gasteiger charge is 2.74. The molecule has 0 fully saturated rings. The first-order valence-corrected chi connectivity index (χ1v) is 2.92. The fourth-order valence-electron chi connectivity index (χ4n) is 0.444. The Labute approximate surface area is 68.2 Å². The van der Waals surface area contributed by atoms with Gasteiger partial charge in [0.25, 0.3) is 0 Å². The summed E-state index contributed by atoms with van der Waals surface area (Å²) in [5, 5.41) is 9.91. The fraction of sp³-hybridized carbons (Fsp3) is 1.00. The van der Waals surface area contributed by atoms with E-state index in [1.807, 2.05) is 0 Å². The molecule has 79 valence electrons. The number of alkyl halides is 7. The van der Waals surface area contributed by atoms with Gasteiger partial charge >= 0.3 is 18.0 Å². The van der Waals surface area contributed by atoms with E-state index in [1.165, 1.54) is 0 Å². The molecule has 0 saturated heterocycles. The van der Waals surface area contributed by atoms with Crippen LogP contribution >= 0.6 is 0 Å². The largest absolute Gasteiger partial charge is 0.459 e. The summed E-state index contributed by atoms with van der Waals surface area (Å²) in [5.41, 5.74) is 0. The highest BCUT2D eigenvalue weighted by molar-refractivity contribution is 4.94. The Balaban J connectivity index is 5.04. The molecule has 1 nitrogen and oxygen atoms in total. The first kappa shape index (κ1) is 12.5. The van der Waals surface area contributed by atoms with Crippen LogP contribution in [0.25, 0.3) is 0 Å². The fourth-order valence-corrected chi connectivity index (χ4v) is 0.444. The van der Waals surface area contributed by atoms with Gasteiger partial charge in [0.15, 0.2) is 6.10 Å². The zero-order chi connectivity index (χ0) is 11.1. The van der Waals surface area contributed by atoms with Gasteiger partial charge in [0, 0.05) is 0 Å². The molecule has 0 aromatic carbocycles. The maximum atomic E-state index is 12.0. The summed E-state index contributed by atoms with van der Waals surface area (Å²) >= 11 is 0. The Morgan fingerprint density at radius 2 is 1.23 bits per heavy atom. The molecule has 0 aromatic rings. The summed E-state index contributed by atoms with van der Waals surface area (Å²) in [5.74, 6) is -11.9. The molecule has 0 N–H and O–H groups in total. The Bertz CT molecular complexity index is 182. The molecular weight excluding hydrogens is 209 g/mol. The van der Waals surface area contributed by atoms with Crippen molar-refractivity contribution in [2.75, 3.05) is 0 Å². The molecular formula is C5H4F7O. The van der Waals surface area contributed by atoms with Crippen LogP contribution < -0.4 is 0 Å². The summed E-state index contributed by atoms with van der Waals surface area (Å²) in [7, 11) is 0. The minimum absolute atomic E-state index is 0.0413. The third kappa shape index (κ3) is 1.87. The van der Waals surface area contributed by atoms with E-state index in [0.29, 0.717) is 0 Å². The van der Waals surface area contributed by atoms with Gasteiger partial charge in [0.2, 0.25) is 0 Å². The van der Waals surface area contributed by atoms with Gasteiger partial charge in [-0.1, -0.05) is 0 Å². The highest BCUT2D eigenvalue weighted by Crippen LogP contribution is 2.47. The van der Waals surface area contributed by atoms with E-state index in [2.05, 4.69) is 0 Å². The van der Waals surface area contributed by atoms with Gasteiger partial charge in [0.1, 0.15) is 0 Å². The lowest BCUT2D eigenvalue weighted by Gasteiger charge is -2.28. The smallest absolute Gasteiger partial charge is 0.227 e. The zero-order valence-electron chi connectivity index (χ0n) is 6.13. The first-order chi connectivity index (χ1) is 5.44. The molecule has 0 amide bonds. The lowest BCUT2D eigenvalue weighted by molar-refractivity contribution is -0.373. The summed E-state index contributed by atoms with van der Waals surface area (Å²) < 4.78 is 81.8. The zero-order valence-corrected chi connectivity index (χ0v) is 6.13. The van der Waals surface area contributed by atoms with Gasteiger partial charge in [-0.15, -0.1) is 0 Å². The molecule has 0 aromatic heterocycles. The van der Waals surface area contributed by atoms with Crippen LogP contribution in [0.4, 0.5) is 30.7 Å².